The summed E-state index contributed by atoms with van der Waals surface area (Å²) >= 11 is 0. The monoisotopic (exact) mass is 287 g/mol. The van der Waals surface area contributed by atoms with Gasteiger partial charge in [-0.15, -0.1) is 0 Å². The highest BCUT2D eigenvalue weighted by molar-refractivity contribution is 6.02. The van der Waals surface area contributed by atoms with Crippen LogP contribution in [0.3, 0.4) is 0 Å². The van der Waals surface area contributed by atoms with Gasteiger partial charge in [-0.3, -0.25) is 4.79 Å². The molecule has 1 heterocycles. The fourth-order valence-electron chi connectivity index (χ4n) is 3.27. The SMILES string of the molecule is CC1(C)CCC(NC(=O)c2cccc3c2NCCN3)CC1. The molecule has 1 fully saturated rings. The Hall–Kier alpha value is -1.71. The molecule has 1 aromatic carbocycles. The summed E-state index contributed by atoms with van der Waals surface area (Å²) in [4.78, 5) is 12.6. The van der Waals surface area contributed by atoms with Gasteiger partial charge in [-0.2, -0.15) is 0 Å². The molecular formula is C17H25N3O. The molecule has 0 radical (unpaired) electrons. The number of amides is 1. The maximum Gasteiger partial charge on any atom is 0.253 e. The third kappa shape index (κ3) is 3.14. The highest BCUT2D eigenvalue weighted by Gasteiger charge is 2.28. The second-order valence-electron chi connectivity index (χ2n) is 6.99. The zero-order valence-corrected chi connectivity index (χ0v) is 13.0. The van der Waals surface area contributed by atoms with Gasteiger partial charge in [0.1, 0.15) is 0 Å². The lowest BCUT2D eigenvalue weighted by Gasteiger charge is -2.34. The van der Waals surface area contributed by atoms with Gasteiger partial charge in [0, 0.05) is 19.1 Å². The van der Waals surface area contributed by atoms with Gasteiger partial charge in [-0.1, -0.05) is 19.9 Å². The van der Waals surface area contributed by atoms with Gasteiger partial charge < -0.3 is 16.0 Å². The van der Waals surface area contributed by atoms with E-state index in [1.165, 1.54) is 12.8 Å². The van der Waals surface area contributed by atoms with E-state index in [1.807, 2.05) is 18.2 Å². The molecule has 4 nitrogen and oxygen atoms in total. The van der Waals surface area contributed by atoms with Crippen LogP contribution in [0.15, 0.2) is 18.2 Å². The number of benzene rings is 1. The van der Waals surface area contributed by atoms with E-state index in [-0.39, 0.29) is 5.91 Å². The number of hydrogen-bond acceptors (Lipinski definition) is 3. The first-order valence-corrected chi connectivity index (χ1v) is 7.97. The first kappa shape index (κ1) is 14.2. The molecule has 1 aliphatic carbocycles. The molecule has 114 valence electrons. The Bertz CT molecular complexity index is 529. The normalized spacial score (nSPS) is 20.9. The Labute approximate surface area is 126 Å². The highest BCUT2D eigenvalue weighted by atomic mass is 16.1. The number of fused-ring (bicyclic) bond motifs is 1. The lowest BCUT2D eigenvalue weighted by molar-refractivity contribution is 0.0910. The van der Waals surface area contributed by atoms with Crippen LogP contribution in [0.2, 0.25) is 0 Å². The maximum absolute atomic E-state index is 12.6. The van der Waals surface area contributed by atoms with Gasteiger partial charge in [0.15, 0.2) is 0 Å². The van der Waals surface area contributed by atoms with Crippen LogP contribution in [0.25, 0.3) is 0 Å². The van der Waals surface area contributed by atoms with Crippen LogP contribution in [0.4, 0.5) is 11.4 Å². The van der Waals surface area contributed by atoms with Crippen LogP contribution < -0.4 is 16.0 Å². The Kier molecular flexibility index (Phi) is 3.79. The molecule has 1 amide bonds. The van der Waals surface area contributed by atoms with E-state index in [1.54, 1.807) is 0 Å². The van der Waals surface area contributed by atoms with Crippen LogP contribution in [-0.2, 0) is 0 Å². The standard InChI is InChI=1S/C17H25N3O/c1-17(2)8-6-12(7-9-17)20-16(21)13-4-3-5-14-15(13)19-11-10-18-14/h3-5,12,18-19H,6-11H2,1-2H3,(H,20,21). The quantitative estimate of drug-likeness (QED) is 0.783. The predicted octanol–water partition coefficient (Wildman–Crippen LogP) is 3.22. The average Bonchev–Trinajstić information content (AvgIpc) is 2.49. The highest BCUT2D eigenvalue weighted by Crippen LogP contribution is 2.35. The number of para-hydroxylation sites is 1. The summed E-state index contributed by atoms with van der Waals surface area (Å²) in [6, 6.07) is 6.18. The molecule has 3 N–H and O–H groups in total. The summed E-state index contributed by atoms with van der Waals surface area (Å²) in [5.74, 6) is 0.0488. The topological polar surface area (TPSA) is 53.2 Å². The first-order valence-electron chi connectivity index (χ1n) is 7.97. The molecule has 1 saturated carbocycles. The lowest BCUT2D eigenvalue weighted by atomic mass is 9.75. The number of anilines is 2. The number of carbonyl (C=O) groups is 1. The Morgan fingerprint density at radius 2 is 1.90 bits per heavy atom. The minimum atomic E-state index is 0.0488. The Balaban J connectivity index is 1.69. The van der Waals surface area contributed by atoms with Crippen molar-refractivity contribution in [2.75, 3.05) is 23.7 Å². The van der Waals surface area contributed by atoms with Crippen LogP contribution in [-0.4, -0.2) is 25.0 Å². The summed E-state index contributed by atoms with van der Waals surface area (Å²) in [6.45, 7) is 6.38. The van der Waals surface area contributed by atoms with Crippen LogP contribution in [0, 0.1) is 5.41 Å². The van der Waals surface area contributed by atoms with Gasteiger partial charge in [0.05, 0.1) is 16.9 Å². The third-order valence-corrected chi connectivity index (χ3v) is 4.73. The van der Waals surface area contributed by atoms with Gasteiger partial charge in [-0.05, 0) is 43.2 Å². The molecule has 0 saturated heterocycles. The lowest BCUT2D eigenvalue weighted by Crippen LogP contribution is -2.39. The van der Waals surface area contributed by atoms with Crippen molar-refractivity contribution >= 4 is 17.3 Å². The molecule has 21 heavy (non-hydrogen) atoms. The van der Waals surface area contributed by atoms with Crippen LogP contribution in [0.5, 0.6) is 0 Å². The summed E-state index contributed by atoms with van der Waals surface area (Å²) in [5, 5.41) is 9.89. The average molecular weight is 287 g/mol. The van der Waals surface area contributed by atoms with Gasteiger partial charge in [0.25, 0.3) is 5.91 Å². The molecule has 1 aliphatic heterocycles. The molecule has 0 aromatic heterocycles. The summed E-state index contributed by atoms with van der Waals surface area (Å²) in [5.41, 5.74) is 3.15. The Morgan fingerprint density at radius 3 is 2.67 bits per heavy atom. The van der Waals surface area contributed by atoms with Crippen LogP contribution in [0.1, 0.15) is 49.9 Å². The van der Waals surface area contributed by atoms with E-state index >= 15 is 0 Å². The smallest absolute Gasteiger partial charge is 0.253 e. The molecule has 0 bridgehead atoms. The van der Waals surface area contributed by atoms with E-state index in [4.69, 9.17) is 0 Å². The third-order valence-electron chi connectivity index (χ3n) is 4.73. The van der Waals surface area contributed by atoms with E-state index in [0.717, 1.165) is 42.9 Å². The van der Waals surface area contributed by atoms with E-state index < -0.39 is 0 Å². The van der Waals surface area contributed by atoms with E-state index in [0.29, 0.717) is 11.5 Å². The number of nitrogens with one attached hydrogen (secondary N) is 3. The van der Waals surface area contributed by atoms with Gasteiger partial charge >= 0.3 is 0 Å². The number of rotatable bonds is 2. The summed E-state index contributed by atoms with van der Waals surface area (Å²) in [6.07, 6.45) is 4.54. The summed E-state index contributed by atoms with van der Waals surface area (Å²) < 4.78 is 0. The molecule has 3 rings (SSSR count). The van der Waals surface area contributed by atoms with Crippen LogP contribution >= 0.6 is 0 Å². The molecular weight excluding hydrogens is 262 g/mol. The van der Waals surface area contributed by atoms with Crippen molar-refractivity contribution in [3.05, 3.63) is 23.8 Å². The zero-order chi connectivity index (χ0) is 14.9. The molecule has 4 heteroatoms. The fraction of sp³-hybridized carbons (Fsp3) is 0.588. The maximum atomic E-state index is 12.6. The minimum Gasteiger partial charge on any atom is -0.382 e. The second-order valence-corrected chi connectivity index (χ2v) is 6.99. The summed E-state index contributed by atoms with van der Waals surface area (Å²) in [7, 11) is 0. The van der Waals surface area contributed by atoms with Gasteiger partial charge in [0.2, 0.25) is 0 Å². The van der Waals surface area contributed by atoms with Gasteiger partial charge in [-0.25, -0.2) is 0 Å². The van der Waals surface area contributed by atoms with Crippen molar-refractivity contribution in [2.45, 2.75) is 45.6 Å². The van der Waals surface area contributed by atoms with Crippen molar-refractivity contribution in [1.29, 1.82) is 0 Å². The minimum absolute atomic E-state index is 0.0488. The zero-order valence-electron chi connectivity index (χ0n) is 13.0. The van der Waals surface area contributed by atoms with Crippen molar-refractivity contribution in [1.82, 2.24) is 5.32 Å². The fourth-order valence-corrected chi connectivity index (χ4v) is 3.27. The number of carbonyl (C=O) groups excluding carboxylic acids is 1. The van der Waals surface area contributed by atoms with Crippen molar-refractivity contribution in [3.8, 4) is 0 Å². The van der Waals surface area contributed by atoms with Crippen molar-refractivity contribution < 1.29 is 4.79 Å². The van der Waals surface area contributed by atoms with Crippen molar-refractivity contribution in [2.24, 2.45) is 5.41 Å². The molecule has 2 aliphatic rings. The number of hydrogen-bond donors (Lipinski definition) is 3. The second kappa shape index (κ2) is 5.58. The molecule has 0 atom stereocenters. The predicted molar refractivity (Wildman–Crippen MR) is 86.9 cm³/mol. The van der Waals surface area contributed by atoms with E-state index in [2.05, 4.69) is 29.8 Å². The largest absolute Gasteiger partial charge is 0.382 e. The van der Waals surface area contributed by atoms with Crippen molar-refractivity contribution in [3.63, 3.8) is 0 Å². The first-order chi connectivity index (χ1) is 10.1. The molecule has 0 unspecified atom stereocenters. The Morgan fingerprint density at radius 1 is 1.19 bits per heavy atom. The molecule has 1 aromatic rings. The van der Waals surface area contributed by atoms with E-state index in [9.17, 15) is 4.79 Å². The molecule has 0 spiro atoms.